The first-order chi connectivity index (χ1) is 13.5. The molecule has 2 heterocycles. The summed E-state index contributed by atoms with van der Waals surface area (Å²) >= 11 is 0. The van der Waals surface area contributed by atoms with Crippen LogP contribution in [-0.2, 0) is 14.4 Å². The molecule has 2 N–H and O–H groups in total. The molecule has 0 aromatic heterocycles. The lowest BCUT2D eigenvalue weighted by Crippen LogP contribution is -2.54. The number of amides is 4. The summed E-state index contributed by atoms with van der Waals surface area (Å²) in [6, 6.07) is 4.01. The molecule has 1 fully saturated rings. The van der Waals surface area contributed by atoms with Crippen molar-refractivity contribution in [3.8, 4) is 0 Å². The van der Waals surface area contributed by atoms with Crippen molar-refractivity contribution in [1.29, 1.82) is 0 Å². The van der Waals surface area contributed by atoms with Gasteiger partial charge in [-0.05, 0) is 37.5 Å². The van der Waals surface area contributed by atoms with Crippen LogP contribution < -0.4 is 10.6 Å². The Morgan fingerprint density at radius 3 is 2.54 bits per heavy atom. The van der Waals surface area contributed by atoms with E-state index in [9.17, 15) is 24.0 Å². The van der Waals surface area contributed by atoms with Gasteiger partial charge in [0, 0.05) is 25.1 Å². The van der Waals surface area contributed by atoms with Gasteiger partial charge in [0.1, 0.15) is 12.3 Å². The molecule has 0 bridgehead atoms. The molecule has 0 spiro atoms. The van der Waals surface area contributed by atoms with Crippen LogP contribution in [0.1, 0.15) is 65.7 Å². The third-order valence-corrected chi connectivity index (χ3v) is 5.02. The second-order valence-electron chi connectivity index (χ2n) is 7.00. The Morgan fingerprint density at radius 1 is 1.04 bits per heavy atom. The van der Waals surface area contributed by atoms with Crippen LogP contribution in [-0.4, -0.2) is 47.4 Å². The minimum absolute atomic E-state index is 0.101. The van der Waals surface area contributed by atoms with E-state index in [-0.39, 0.29) is 24.0 Å². The molecule has 3 rings (SSSR count). The van der Waals surface area contributed by atoms with Crippen LogP contribution in [0.25, 0.3) is 0 Å². The number of hydrogen-bond donors (Lipinski definition) is 2. The van der Waals surface area contributed by atoms with Gasteiger partial charge in [0.05, 0.1) is 11.1 Å². The highest BCUT2D eigenvalue weighted by atomic mass is 16.2. The molecule has 1 aromatic carbocycles. The maximum Gasteiger partial charge on any atom is 0.262 e. The van der Waals surface area contributed by atoms with E-state index in [1.807, 2.05) is 0 Å². The Labute approximate surface area is 162 Å². The molecular weight excluding hydrogens is 362 g/mol. The second kappa shape index (κ2) is 8.77. The Morgan fingerprint density at radius 2 is 1.79 bits per heavy atom. The number of imide groups is 2. The van der Waals surface area contributed by atoms with Crippen LogP contribution in [0.2, 0.25) is 0 Å². The minimum Gasteiger partial charge on any atom is -0.385 e. The molecule has 1 atom stereocenters. The number of nitrogens with one attached hydrogen (secondary N) is 2. The van der Waals surface area contributed by atoms with Crippen LogP contribution in [0.15, 0.2) is 18.2 Å². The van der Waals surface area contributed by atoms with E-state index in [4.69, 9.17) is 0 Å². The largest absolute Gasteiger partial charge is 0.385 e. The van der Waals surface area contributed by atoms with E-state index < -0.39 is 29.7 Å². The molecule has 0 saturated carbocycles. The molecule has 8 heteroatoms. The number of nitrogens with zero attached hydrogens (tertiary/aromatic N) is 1. The first-order valence-electron chi connectivity index (χ1n) is 9.56. The van der Waals surface area contributed by atoms with E-state index in [0.29, 0.717) is 6.42 Å². The fourth-order valence-corrected chi connectivity index (χ4v) is 3.52. The maximum atomic E-state index is 12.7. The van der Waals surface area contributed by atoms with Gasteiger partial charge in [0.2, 0.25) is 11.8 Å². The van der Waals surface area contributed by atoms with Crippen LogP contribution in [0.4, 0.5) is 5.69 Å². The minimum atomic E-state index is -0.951. The van der Waals surface area contributed by atoms with E-state index >= 15 is 0 Å². The Hall–Kier alpha value is -3.03. The van der Waals surface area contributed by atoms with Crippen molar-refractivity contribution >= 4 is 35.6 Å². The zero-order valence-corrected chi connectivity index (χ0v) is 15.5. The summed E-state index contributed by atoms with van der Waals surface area (Å²) in [5, 5.41) is 5.42. The summed E-state index contributed by atoms with van der Waals surface area (Å²) < 4.78 is 0. The Balaban J connectivity index is 1.61. The molecule has 2 aliphatic heterocycles. The van der Waals surface area contributed by atoms with Crippen LogP contribution >= 0.6 is 0 Å². The average Bonchev–Trinajstić information content (AvgIpc) is 2.92. The third kappa shape index (κ3) is 4.11. The number of fused-ring (bicyclic) bond motifs is 1. The maximum absolute atomic E-state index is 12.7. The van der Waals surface area contributed by atoms with Gasteiger partial charge >= 0.3 is 0 Å². The number of piperidine rings is 1. The first kappa shape index (κ1) is 19.7. The van der Waals surface area contributed by atoms with Crippen molar-refractivity contribution < 1.29 is 24.0 Å². The molecule has 1 saturated heterocycles. The fraction of sp³-hybridized carbons (Fsp3) is 0.450. The molecule has 0 aliphatic carbocycles. The number of rotatable bonds is 9. The molecule has 1 aromatic rings. The molecule has 4 amide bonds. The second-order valence-corrected chi connectivity index (χ2v) is 7.00. The molecular formula is C20H23N3O5. The highest BCUT2D eigenvalue weighted by molar-refractivity contribution is 6.23. The fourth-order valence-electron chi connectivity index (χ4n) is 3.52. The average molecular weight is 385 g/mol. The van der Waals surface area contributed by atoms with Crippen molar-refractivity contribution in [3.63, 3.8) is 0 Å². The standard InChI is InChI=1S/C20H23N3O5/c24-11-5-3-1-2-4-10-21-13-6-7-14-15(12-13)20(28)23(19(14)27)16-8-9-17(25)22-18(16)26/h6-7,11-12,16,21H,1-5,8-10H2,(H,22,25,26). The van der Waals surface area contributed by atoms with Gasteiger partial charge < -0.3 is 10.1 Å². The summed E-state index contributed by atoms with van der Waals surface area (Å²) in [6.45, 7) is 0.721. The van der Waals surface area contributed by atoms with Crippen LogP contribution in [0.3, 0.4) is 0 Å². The van der Waals surface area contributed by atoms with Gasteiger partial charge in [-0.2, -0.15) is 0 Å². The summed E-state index contributed by atoms with van der Waals surface area (Å²) in [6.07, 6.45) is 5.61. The molecule has 8 nitrogen and oxygen atoms in total. The zero-order valence-electron chi connectivity index (χ0n) is 15.5. The molecule has 28 heavy (non-hydrogen) atoms. The quantitative estimate of drug-likeness (QED) is 0.380. The topological polar surface area (TPSA) is 113 Å². The highest BCUT2D eigenvalue weighted by Crippen LogP contribution is 2.29. The zero-order chi connectivity index (χ0) is 20.1. The smallest absolute Gasteiger partial charge is 0.262 e. The van der Waals surface area contributed by atoms with E-state index in [0.717, 1.165) is 49.1 Å². The summed E-state index contributed by atoms with van der Waals surface area (Å²) in [5.41, 5.74) is 1.28. The molecule has 148 valence electrons. The van der Waals surface area contributed by atoms with Crippen molar-refractivity contribution in [2.45, 2.75) is 51.0 Å². The van der Waals surface area contributed by atoms with E-state index in [2.05, 4.69) is 10.6 Å². The summed E-state index contributed by atoms with van der Waals surface area (Å²) in [7, 11) is 0. The van der Waals surface area contributed by atoms with Crippen LogP contribution in [0.5, 0.6) is 0 Å². The molecule has 2 aliphatic rings. The van der Waals surface area contributed by atoms with Gasteiger partial charge in [0.25, 0.3) is 11.8 Å². The van der Waals surface area contributed by atoms with E-state index in [1.165, 1.54) is 0 Å². The monoisotopic (exact) mass is 385 g/mol. The number of anilines is 1. The summed E-state index contributed by atoms with van der Waals surface area (Å²) in [4.78, 5) is 60.0. The van der Waals surface area contributed by atoms with Crippen molar-refractivity contribution in [2.24, 2.45) is 0 Å². The van der Waals surface area contributed by atoms with Crippen molar-refractivity contribution in [2.75, 3.05) is 11.9 Å². The van der Waals surface area contributed by atoms with Gasteiger partial charge in [-0.3, -0.25) is 29.4 Å². The third-order valence-electron chi connectivity index (χ3n) is 5.02. The lowest BCUT2D eigenvalue weighted by Gasteiger charge is -2.27. The number of carbonyl (C=O) groups is 5. The Kier molecular flexibility index (Phi) is 6.18. The van der Waals surface area contributed by atoms with Crippen molar-refractivity contribution in [3.05, 3.63) is 29.3 Å². The predicted octanol–water partition coefficient (Wildman–Crippen LogP) is 1.65. The Bertz CT molecular complexity index is 820. The summed E-state index contributed by atoms with van der Waals surface area (Å²) in [5.74, 6) is -2.02. The van der Waals surface area contributed by atoms with Gasteiger partial charge in [0.15, 0.2) is 0 Å². The number of hydrogen-bond acceptors (Lipinski definition) is 6. The lowest BCUT2D eigenvalue weighted by molar-refractivity contribution is -0.136. The number of benzene rings is 1. The lowest BCUT2D eigenvalue weighted by atomic mass is 10.0. The number of carbonyl (C=O) groups excluding carboxylic acids is 5. The molecule has 1 unspecified atom stereocenters. The van der Waals surface area contributed by atoms with Crippen LogP contribution in [0, 0.1) is 0 Å². The van der Waals surface area contributed by atoms with Gasteiger partial charge in [-0.1, -0.05) is 12.8 Å². The highest BCUT2D eigenvalue weighted by Gasteiger charge is 2.44. The first-order valence-corrected chi connectivity index (χ1v) is 9.56. The van der Waals surface area contributed by atoms with Gasteiger partial charge in [-0.25, -0.2) is 0 Å². The van der Waals surface area contributed by atoms with Gasteiger partial charge in [-0.15, -0.1) is 0 Å². The SMILES string of the molecule is O=CCCCCCCNc1ccc2c(c1)C(=O)N(C1CCC(=O)NC1=O)C2=O. The molecule has 0 radical (unpaired) electrons. The number of unbranched alkanes of at least 4 members (excludes halogenated alkanes) is 4. The predicted molar refractivity (Wildman–Crippen MR) is 101 cm³/mol. The van der Waals surface area contributed by atoms with Crippen molar-refractivity contribution in [1.82, 2.24) is 10.2 Å². The van der Waals surface area contributed by atoms with E-state index in [1.54, 1.807) is 18.2 Å². The normalized spacial score (nSPS) is 18.9. The number of aldehydes is 1.